The van der Waals surface area contributed by atoms with Gasteiger partial charge in [0.1, 0.15) is 0 Å². The van der Waals surface area contributed by atoms with Crippen LogP contribution in [0.1, 0.15) is 25.7 Å². The summed E-state index contributed by atoms with van der Waals surface area (Å²) >= 11 is -1.43. The van der Waals surface area contributed by atoms with Crippen LogP contribution in [-0.4, -0.2) is 0 Å². The quantitative estimate of drug-likeness (QED) is 0.500. The number of hydrogen-bond acceptors (Lipinski definition) is 0. The molecule has 0 aliphatic heterocycles. The molecule has 0 unspecified atom stereocenters. The molecule has 0 fully saturated rings. The summed E-state index contributed by atoms with van der Waals surface area (Å²) in [4.78, 5) is 0. The second-order valence-electron chi connectivity index (χ2n) is 5.74. The molecule has 4 aliphatic carbocycles. The second kappa shape index (κ2) is 9.21. The monoisotopic (exact) mass is 391 g/mol. The molecule has 0 bridgehead atoms. The van der Waals surface area contributed by atoms with Gasteiger partial charge in [0, 0.05) is 0 Å². The Bertz CT molecular complexity index is 626. The second-order valence-corrected chi connectivity index (χ2v) is 12.7. The molecule has 0 amide bonds. The van der Waals surface area contributed by atoms with E-state index in [1.807, 2.05) is 0 Å². The summed E-state index contributed by atoms with van der Waals surface area (Å²) in [5.41, 5.74) is 0. The van der Waals surface area contributed by atoms with Crippen molar-refractivity contribution >= 4 is 9.30 Å². The zero-order valence-electron chi connectivity index (χ0n) is 13.1. The minimum absolute atomic E-state index is 0.0833. The van der Waals surface area contributed by atoms with Crippen molar-refractivity contribution in [2.24, 2.45) is 0 Å². The third-order valence-corrected chi connectivity index (χ3v) is 11.1. The summed E-state index contributed by atoms with van der Waals surface area (Å²) in [5.74, 6) is 0. The molecule has 0 aromatic carbocycles. The maximum atomic E-state index is 6.44. The van der Waals surface area contributed by atoms with Crippen LogP contribution in [0.4, 0.5) is 0 Å². The third-order valence-electron chi connectivity index (χ3n) is 3.97. The summed E-state index contributed by atoms with van der Waals surface area (Å²) in [6, 6.07) is 0. The fourth-order valence-corrected chi connectivity index (χ4v) is 8.09. The molecule has 115 valence electrons. The first-order valence-corrected chi connectivity index (χ1v) is 13.3. The first-order chi connectivity index (χ1) is 11.3. The Morgan fingerprint density at radius 2 is 1.09 bits per heavy atom. The van der Waals surface area contributed by atoms with Gasteiger partial charge in [0.15, 0.2) is 0 Å². The van der Waals surface area contributed by atoms with E-state index in [0.717, 1.165) is 12.8 Å². The van der Waals surface area contributed by atoms with Gasteiger partial charge >= 0.3 is 159 Å². The van der Waals surface area contributed by atoms with Crippen LogP contribution in [0.25, 0.3) is 0 Å². The van der Waals surface area contributed by atoms with Crippen LogP contribution >= 0.6 is 9.30 Å². The molecule has 4 aliphatic rings. The standard InChI is InChI=1S/4C5H5.ClH.2Ti/c4*1-2-4-5-3-1;;;/h4*1-3H,4H2;1H;;/q;;;;;;+1/p-1. The van der Waals surface area contributed by atoms with Gasteiger partial charge in [-0.2, -0.15) is 0 Å². The molecular formula is C20H20ClTi2. The summed E-state index contributed by atoms with van der Waals surface area (Å²) in [5, 5.41) is 0. The van der Waals surface area contributed by atoms with Gasteiger partial charge in [-0.25, -0.2) is 0 Å². The minimum atomic E-state index is -1.51. The fraction of sp³-hybridized carbons (Fsp3) is 0.200. The number of hydrogen-bond donors (Lipinski definition) is 0. The molecule has 23 heavy (non-hydrogen) atoms. The van der Waals surface area contributed by atoms with E-state index in [4.69, 9.17) is 9.30 Å². The maximum absolute atomic E-state index is 6.44. The van der Waals surface area contributed by atoms with Crippen LogP contribution in [0, 0.1) is 0 Å². The van der Waals surface area contributed by atoms with Crippen LogP contribution in [-0.2, 0) is 36.0 Å². The zero-order chi connectivity index (χ0) is 15.9. The van der Waals surface area contributed by atoms with Gasteiger partial charge in [-0.3, -0.25) is 0 Å². The average molecular weight is 392 g/mol. The van der Waals surface area contributed by atoms with E-state index in [9.17, 15) is 0 Å². The summed E-state index contributed by atoms with van der Waals surface area (Å²) in [6.07, 6.45) is 31.1. The van der Waals surface area contributed by atoms with Crippen LogP contribution in [0.5, 0.6) is 0 Å². The van der Waals surface area contributed by atoms with Gasteiger partial charge in [0.05, 0.1) is 0 Å². The Morgan fingerprint density at radius 3 is 1.43 bits per heavy atom. The molecule has 0 aromatic rings. The molecule has 0 atom stereocenters. The van der Waals surface area contributed by atoms with E-state index in [1.54, 1.807) is 7.76 Å². The van der Waals surface area contributed by atoms with Crippen molar-refractivity contribution in [3.63, 3.8) is 0 Å². The molecule has 0 nitrogen and oxygen atoms in total. The molecule has 0 saturated carbocycles. The Labute approximate surface area is 158 Å². The van der Waals surface area contributed by atoms with Crippen LogP contribution in [0.2, 0.25) is 0 Å². The molecule has 0 aromatic heterocycles. The Kier molecular flexibility index (Phi) is 6.99. The first-order valence-electron chi connectivity index (χ1n) is 8.06. The van der Waals surface area contributed by atoms with E-state index >= 15 is 0 Å². The predicted octanol–water partition coefficient (Wildman–Crippen LogP) is 6.20. The summed E-state index contributed by atoms with van der Waals surface area (Å²) in [6.45, 7) is 0. The van der Waals surface area contributed by atoms with E-state index < -0.39 is 16.8 Å². The van der Waals surface area contributed by atoms with Gasteiger partial charge in [0.2, 0.25) is 0 Å². The van der Waals surface area contributed by atoms with Crippen LogP contribution < -0.4 is 0 Å². The van der Waals surface area contributed by atoms with Crippen molar-refractivity contribution in [1.29, 1.82) is 0 Å². The van der Waals surface area contributed by atoms with Gasteiger partial charge in [0.25, 0.3) is 0 Å². The Morgan fingerprint density at radius 1 is 0.652 bits per heavy atom. The van der Waals surface area contributed by atoms with Crippen molar-refractivity contribution in [2.75, 3.05) is 0 Å². The average Bonchev–Trinajstić information content (AvgIpc) is 3.33. The fourth-order valence-electron chi connectivity index (χ4n) is 2.71. The number of allylic oxidation sites excluding steroid dienone is 16. The van der Waals surface area contributed by atoms with Gasteiger partial charge in [-0.1, -0.05) is 0 Å². The van der Waals surface area contributed by atoms with Gasteiger partial charge in [-0.05, 0) is 0 Å². The van der Waals surface area contributed by atoms with Crippen LogP contribution in [0.3, 0.4) is 0 Å². The number of rotatable bonds is 4. The predicted molar refractivity (Wildman–Crippen MR) is 93.2 cm³/mol. The molecule has 0 saturated heterocycles. The molecule has 0 N–H and O–H groups in total. The molecule has 0 heterocycles. The topological polar surface area (TPSA) is 0 Å². The molecular weight excluding hydrogens is 371 g/mol. The summed E-state index contributed by atoms with van der Waals surface area (Å²) in [7, 11) is 6.44. The van der Waals surface area contributed by atoms with Gasteiger partial charge < -0.3 is 0 Å². The van der Waals surface area contributed by atoms with Crippen molar-refractivity contribution in [3.05, 3.63) is 88.4 Å². The van der Waals surface area contributed by atoms with Crippen molar-refractivity contribution in [2.45, 2.75) is 25.7 Å². The normalized spacial score (nSPS) is 20.0. The molecule has 0 radical (unpaired) electrons. The number of halogens is 1. The molecule has 0 spiro atoms. The zero-order valence-corrected chi connectivity index (χ0v) is 17.0. The van der Waals surface area contributed by atoms with Crippen molar-refractivity contribution < 1.29 is 36.0 Å². The SMILES string of the molecule is C1=CC[C]([Ti][C]2=CC=CC2)=C1.[Cl][Ti]([C]1=CC=CC1)[C]1=CC=CC1. The molecule has 3 heteroatoms. The van der Waals surface area contributed by atoms with Crippen LogP contribution in [0.15, 0.2) is 88.4 Å². The summed E-state index contributed by atoms with van der Waals surface area (Å²) < 4.78 is 6.35. The third kappa shape index (κ3) is 5.31. The Balaban J connectivity index is 0.000000136. The van der Waals surface area contributed by atoms with Crippen molar-refractivity contribution in [1.82, 2.24) is 0 Å². The Hall–Kier alpha value is -0.361. The van der Waals surface area contributed by atoms with E-state index in [0.29, 0.717) is 0 Å². The van der Waals surface area contributed by atoms with E-state index in [1.165, 1.54) is 20.6 Å². The first kappa shape index (κ1) is 17.5. The van der Waals surface area contributed by atoms with E-state index in [2.05, 4.69) is 72.9 Å². The van der Waals surface area contributed by atoms with E-state index in [-0.39, 0.29) is 19.2 Å². The van der Waals surface area contributed by atoms with Crippen molar-refractivity contribution in [3.8, 4) is 0 Å². The molecule has 4 rings (SSSR count). The van der Waals surface area contributed by atoms with Gasteiger partial charge in [-0.15, -0.1) is 0 Å².